The summed E-state index contributed by atoms with van der Waals surface area (Å²) in [5.41, 5.74) is 1.09. The van der Waals surface area contributed by atoms with Gasteiger partial charge in [0.15, 0.2) is 0 Å². The molecule has 20 heavy (non-hydrogen) atoms. The quantitative estimate of drug-likeness (QED) is 0.864. The summed E-state index contributed by atoms with van der Waals surface area (Å²) in [5.74, 6) is 0.295. The maximum absolute atomic E-state index is 12.2. The van der Waals surface area contributed by atoms with E-state index in [0.717, 1.165) is 37.7 Å². The van der Waals surface area contributed by atoms with Crippen molar-refractivity contribution >= 4 is 11.8 Å². The molecule has 0 unspecified atom stereocenters. The molecule has 3 heteroatoms. The molecule has 2 rings (SSSR count). The summed E-state index contributed by atoms with van der Waals surface area (Å²) in [4.78, 5) is 22.8. The van der Waals surface area contributed by atoms with Gasteiger partial charge in [-0.25, -0.2) is 0 Å². The zero-order chi connectivity index (χ0) is 14.4. The molecule has 0 heterocycles. The third-order valence-corrected chi connectivity index (χ3v) is 4.29. The molecule has 0 radical (unpaired) electrons. The number of hydrogen-bond donors (Lipinski definition) is 1. The summed E-state index contributed by atoms with van der Waals surface area (Å²) in [7, 11) is 0. The van der Waals surface area contributed by atoms with Crippen LogP contribution in [0, 0.1) is 11.8 Å². The lowest BCUT2D eigenvalue weighted by Crippen LogP contribution is -2.23. The van der Waals surface area contributed by atoms with E-state index in [2.05, 4.69) is 0 Å². The zero-order valence-corrected chi connectivity index (χ0v) is 11.8. The summed E-state index contributed by atoms with van der Waals surface area (Å²) in [6, 6.07) is 9.88. The summed E-state index contributed by atoms with van der Waals surface area (Å²) in [5, 5.41) is 8.69. The van der Waals surface area contributed by atoms with Gasteiger partial charge in [-0.2, -0.15) is 0 Å². The third-order valence-electron chi connectivity index (χ3n) is 4.29. The van der Waals surface area contributed by atoms with Crippen LogP contribution in [0.5, 0.6) is 0 Å². The lowest BCUT2D eigenvalue weighted by atomic mass is 9.77. The van der Waals surface area contributed by atoms with E-state index in [4.69, 9.17) is 5.11 Å². The minimum Gasteiger partial charge on any atom is -0.481 e. The molecule has 0 atom stereocenters. The van der Waals surface area contributed by atoms with Crippen LogP contribution in [0.1, 0.15) is 44.1 Å². The van der Waals surface area contributed by atoms with Crippen LogP contribution in [0.3, 0.4) is 0 Å². The number of hydrogen-bond acceptors (Lipinski definition) is 2. The SMILES string of the molecule is O=C(O)CCC1CCC(C(=O)Cc2ccccc2)CC1. The van der Waals surface area contributed by atoms with Crippen molar-refractivity contribution in [3.8, 4) is 0 Å². The fourth-order valence-electron chi connectivity index (χ4n) is 3.04. The Morgan fingerprint density at radius 1 is 1.05 bits per heavy atom. The second-order valence-electron chi connectivity index (χ2n) is 5.78. The lowest BCUT2D eigenvalue weighted by molar-refractivity contribution is -0.137. The van der Waals surface area contributed by atoms with Gasteiger partial charge < -0.3 is 5.11 Å². The minimum absolute atomic E-state index is 0.177. The topological polar surface area (TPSA) is 54.4 Å². The molecule has 1 aliphatic carbocycles. The predicted octanol–water partition coefficient (Wildman–Crippen LogP) is 3.47. The second kappa shape index (κ2) is 7.22. The van der Waals surface area contributed by atoms with Crippen molar-refractivity contribution < 1.29 is 14.7 Å². The van der Waals surface area contributed by atoms with Crippen molar-refractivity contribution in [3.05, 3.63) is 35.9 Å². The van der Waals surface area contributed by atoms with Gasteiger partial charge in [0.25, 0.3) is 0 Å². The maximum Gasteiger partial charge on any atom is 0.303 e. The van der Waals surface area contributed by atoms with Gasteiger partial charge in [0, 0.05) is 18.8 Å². The summed E-state index contributed by atoms with van der Waals surface area (Å²) in [6.07, 6.45) is 5.40. The van der Waals surface area contributed by atoms with Gasteiger partial charge in [0.05, 0.1) is 0 Å². The van der Waals surface area contributed by atoms with E-state index in [9.17, 15) is 9.59 Å². The molecule has 0 saturated heterocycles. The Bertz CT molecular complexity index is 445. The number of Topliss-reactive ketones (excluding diaryl/α,β-unsaturated/α-hetero) is 1. The van der Waals surface area contributed by atoms with Crippen molar-refractivity contribution in [3.63, 3.8) is 0 Å². The molecular weight excluding hydrogens is 252 g/mol. The number of rotatable bonds is 6. The summed E-state index contributed by atoms with van der Waals surface area (Å²) >= 11 is 0. The van der Waals surface area contributed by atoms with Crippen molar-refractivity contribution in [2.75, 3.05) is 0 Å². The molecule has 1 aromatic carbocycles. The van der Waals surface area contributed by atoms with E-state index < -0.39 is 5.97 Å². The molecule has 108 valence electrons. The van der Waals surface area contributed by atoms with Crippen molar-refractivity contribution in [1.82, 2.24) is 0 Å². The van der Waals surface area contributed by atoms with E-state index in [1.165, 1.54) is 0 Å². The van der Waals surface area contributed by atoms with Gasteiger partial charge in [-0.05, 0) is 43.6 Å². The number of carbonyl (C=O) groups is 2. The van der Waals surface area contributed by atoms with Crippen LogP contribution >= 0.6 is 0 Å². The molecule has 1 fully saturated rings. The van der Waals surface area contributed by atoms with Crippen molar-refractivity contribution in [2.24, 2.45) is 11.8 Å². The fraction of sp³-hybridized carbons (Fsp3) is 0.529. The van der Waals surface area contributed by atoms with Gasteiger partial charge in [-0.15, -0.1) is 0 Å². The average Bonchev–Trinajstić information content (AvgIpc) is 2.46. The second-order valence-corrected chi connectivity index (χ2v) is 5.78. The Balaban J connectivity index is 1.76. The largest absolute Gasteiger partial charge is 0.481 e. The van der Waals surface area contributed by atoms with Crippen LogP contribution in [-0.4, -0.2) is 16.9 Å². The van der Waals surface area contributed by atoms with Crippen LogP contribution in [0.2, 0.25) is 0 Å². The fourth-order valence-corrected chi connectivity index (χ4v) is 3.04. The first kappa shape index (κ1) is 14.8. The van der Waals surface area contributed by atoms with Gasteiger partial charge in [-0.1, -0.05) is 30.3 Å². The number of aliphatic carboxylic acids is 1. The van der Waals surface area contributed by atoms with E-state index >= 15 is 0 Å². The molecule has 1 N–H and O–H groups in total. The Morgan fingerprint density at radius 3 is 2.30 bits per heavy atom. The van der Waals surface area contributed by atoms with Crippen LogP contribution < -0.4 is 0 Å². The maximum atomic E-state index is 12.2. The highest BCUT2D eigenvalue weighted by molar-refractivity contribution is 5.83. The van der Waals surface area contributed by atoms with Crippen molar-refractivity contribution in [2.45, 2.75) is 44.9 Å². The highest BCUT2D eigenvalue weighted by atomic mass is 16.4. The molecule has 1 aliphatic rings. The van der Waals surface area contributed by atoms with Gasteiger partial charge in [0.2, 0.25) is 0 Å². The Morgan fingerprint density at radius 2 is 1.70 bits per heavy atom. The van der Waals surface area contributed by atoms with E-state index in [-0.39, 0.29) is 12.3 Å². The van der Waals surface area contributed by atoms with Crippen LogP contribution in [-0.2, 0) is 16.0 Å². The molecule has 0 spiro atoms. The number of benzene rings is 1. The standard InChI is InChI=1S/C17H22O3/c18-16(12-14-4-2-1-3-5-14)15-9-6-13(7-10-15)8-11-17(19)20/h1-5,13,15H,6-12H2,(H,19,20). The van der Waals surface area contributed by atoms with Crippen molar-refractivity contribution in [1.29, 1.82) is 0 Å². The van der Waals surface area contributed by atoms with Gasteiger partial charge in [0.1, 0.15) is 5.78 Å². The molecule has 0 amide bonds. The molecule has 0 aliphatic heterocycles. The Kier molecular flexibility index (Phi) is 5.33. The Labute approximate surface area is 120 Å². The van der Waals surface area contributed by atoms with Gasteiger partial charge in [-0.3, -0.25) is 9.59 Å². The molecule has 1 saturated carbocycles. The average molecular weight is 274 g/mol. The van der Waals surface area contributed by atoms with Crippen LogP contribution in [0.4, 0.5) is 0 Å². The summed E-state index contributed by atoms with van der Waals surface area (Å²) < 4.78 is 0. The molecule has 3 nitrogen and oxygen atoms in total. The monoisotopic (exact) mass is 274 g/mol. The normalized spacial score (nSPS) is 22.4. The number of carboxylic acids is 1. The summed E-state index contributed by atoms with van der Waals surface area (Å²) in [6.45, 7) is 0. The molecule has 0 aromatic heterocycles. The smallest absolute Gasteiger partial charge is 0.303 e. The van der Waals surface area contributed by atoms with E-state index in [0.29, 0.717) is 18.1 Å². The highest BCUT2D eigenvalue weighted by Gasteiger charge is 2.26. The van der Waals surface area contributed by atoms with E-state index in [1.807, 2.05) is 30.3 Å². The molecular formula is C17H22O3. The molecule has 1 aromatic rings. The van der Waals surface area contributed by atoms with Crippen LogP contribution in [0.15, 0.2) is 30.3 Å². The van der Waals surface area contributed by atoms with Crippen LogP contribution in [0.25, 0.3) is 0 Å². The minimum atomic E-state index is -0.715. The predicted molar refractivity (Wildman–Crippen MR) is 77.5 cm³/mol. The Hall–Kier alpha value is -1.64. The molecule has 0 bridgehead atoms. The first-order valence-corrected chi connectivity index (χ1v) is 7.43. The highest BCUT2D eigenvalue weighted by Crippen LogP contribution is 2.32. The third kappa shape index (κ3) is 4.48. The number of carbonyl (C=O) groups excluding carboxylic acids is 1. The number of ketones is 1. The first-order valence-electron chi connectivity index (χ1n) is 7.43. The first-order chi connectivity index (χ1) is 9.65. The number of carboxylic acid groups (broad SMARTS) is 1. The van der Waals surface area contributed by atoms with Gasteiger partial charge >= 0.3 is 5.97 Å². The van der Waals surface area contributed by atoms with E-state index in [1.54, 1.807) is 0 Å². The lowest BCUT2D eigenvalue weighted by Gasteiger charge is -2.27. The zero-order valence-electron chi connectivity index (χ0n) is 11.8.